The van der Waals surface area contributed by atoms with Gasteiger partial charge in [0.2, 0.25) is 5.69 Å². The highest BCUT2D eigenvalue weighted by Crippen LogP contribution is 2.27. The number of para-hydroxylation sites is 1. The molecule has 0 unspecified atom stereocenters. The van der Waals surface area contributed by atoms with Crippen molar-refractivity contribution in [3.8, 4) is 11.4 Å². The van der Waals surface area contributed by atoms with Crippen LogP contribution in [-0.2, 0) is 14.9 Å². The first-order chi connectivity index (χ1) is 15.7. The van der Waals surface area contributed by atoms with Crippen molar-refractivity contribution < 1.29 is 22.1 Å². The van der Waals surface area contributed by atoms with Gasteiger partial charge in [-0.25, -0.2) is 9.78 Å². The third kappa shape index (κ3) is 4.50. The minimum Gasteiger partial charge on any atom is -0.461 e. The van der Waals surface area contributed by atoms with Gasteiger partial charge in [-0.1, -0.05) is 18.2 Å². The predicted octanol–water partition coefficient (Wildman–Crippen LogP) is 3.40. The molecule has 11 heteroatoms. The molecule has 0 radical (unpaired) electrons. The fourth-order valence-corrected chi connectivity index (χ4v) is 5.06. The molecule has 9 nitrogen and oxygen atoms in total. The number of hydrogen-bond donors (Lipinski definition) is 0. The van der Waals surface area contributed by atoms with Gasteiger partial charge in [-0.05, 0) is 50.6 Å². The van der Waals surface area contributed by atoms with Crippen LogP contribution in [0.25, 0.3) is 15.9 Å². The Morgan fingerprint density at radius 3 is 2.61 bits per heavy atom. The summed E-state index contributed by atoms with van der Waals surface area (Å²) in [6.45, 7) is 5.21. The molecule has 0 saturated heterocycles. The van der Waals surface area contributed by atoms with E-state index in [1.807, 2.05) is 6.92 Å². The van der Waals surface area contributed by atoms with Crippen molar-refractivity contribution >= 4 is 37.6 Å². The van der Waals surface area contributed by atoms with Crippen LogP contribution in [0.5, 0.6) is 5.75 Å². The molecule has 2 aromatic carbocycles. The topological polar surface area (TPSA) is 117 Å². The molecule has 0 atom stereocenters. The highest BCUT2D eigenvalue weighted by Gasteiger charge is 2.26. The summed E-state index contributed by atoms with van der Waals surface area (Å²) in [6, 6.07) is 12.2. The number of aryl methyl sites for hydroxylation is 2. The lowest BCUT2D eigenvalue weighted by atomic mass is 10.2. The average Bonchev–Trinajstić information content (AvgIpc) is 3.13. The van der Waals surface area contributed by atoms with Crippen LogP contribution in [0.1, 0.15) is 28.0 Å². The Morgan fingerprint density at radius 2 is 1.88 bits per heavy atom. The molecule has 0 aliphatic rings. The molecule has 170 valence electrons. The zero-order valence-corrected chi connectivity index (χ0v) is 19.6. The van der Waals surface area contributed by atoms with E-state index in [0.717, 1.165) is 21.3 Å². The average molecular weight is 486 g/mol. The SMILES string of the molecule is CCOC(=O)c1nn(-c2ccccc2C)c(=O)cc1OS(=O)(=O)c1ccc2nc(C)sc2c1. The highest BCUT2D eigenvalue weighted by atomic mass is 32.2. The van der Waals surface area contributed by atoms with E-state index in [9.17, 15) is 18.0 Å². The molecule has 0 bridgehead atoms. The summed E-state index contributed by atoms with van der Waals surface area (Å²) < 4.78 is 37.9. The molecule has 0 spiro atoms. The molecule has 4 rings (SSSR count). The van der Waals surface area contributed by atoms with Crippen molar-refractivity contribution in [1.82, 2.24) is 14.8 Å². The first-order valence-electron chi connectivity index (χ1n) is 9.89. The van der Waals surface area contributed by atoms with Gasteiger partial charge in [0.15, 0.2) is 5.75 Å². The molecular weight excluding hydrogens is 466 g/mol. The van der Waals surface area contributed by atoms with Crippen molar-refractivity contribution in [3.63, 3.8) is 0 Å². The normalized spacial score (nSPS) is 11.5. The zero-order valence-electron chi connectivity index (χ0n) is 17.9. The number of benzene rings is 2. The quantitative estimate of drug-likeness (QED) is 0.301. The van der Waals surface area contributed by atoms with Crippen LogP contribution in [0, 0.1) is 13.8 Å². The van der Waals surface area contributed by atoms with Gasteiger partial charge in [-0.15, -0.1) is 11.3 Å². The first kappa shape index (κ1) is 22.6. The number of rotatable bonds is 6. The fourth-order valence-electron chi connectivity index (χ4n) is 3.16. The van der Waals surface area contributed by atoms with E-state index in [2.05, 4.69) is 10.1 Å². The van der Waals surface area contributed by atoms with Crippen LogP contribution in [0.4, 0.5) is 0 Å². The summed E-state index contributed by atoms with van der Waals surface area (Å²) in [5.41, 5.74) is 0.727. The smallest absolute Gasteiger partial charge is 0.362 e. The molecule has 2 aromatic heterocycles. The second-order valence-corrected chi connectivity index (χ2v) is 9.80. The molecule has 4 aromatic rings. The van der Waals surface area contributed by atoms with Gasteiger partial charge in [0.25, 0.3) is 5.56 Å². The number of esters is 1. The number of nitrogens with zero attached hydrogens (tertiary/aromatic N) is 3. The van der Waals surface area contributed by atoms with Gasteiger partial charge in [-0.3, -0.25) is 4.79 Å². The molecule has 0 fully saturated rings. The van der Waals surface area contributed by atoms with E-state index < -0.39 is 33.1 Å². The van der Waals surface area contributed by atoms with E-state index >= 15 is 0 Å². The monoisotopic (exact) mass is 485 g/mol. The van der Waals surface area contributed by atoms with Crippen LogP contribution in [0.15, 0.2) is 58.2 Å². The number of carbonyl (C=O) groups is 1. The van der Waals surface area contributed by atoms with Crippen LogP contribution in [-0.4, -0.2) is 35.8 Å². The Balaban J connectivity index is 1.81. The number of carbonyl (C=O) groups excluding carboxylic acids is 1. The Morgan fingerprint density at radius 1 is 1.12 bits per heavy atom. The van der Waals surface area contributed by atoms with Crippen LogP contribution >= 0.6 is 11.3 Å². The van der Waals surface area contributed by atoms with Crippen molar-refractivity contribution in [2.75, 3.05) is 6.61 Å². The van der Waals surface area contributed by atoms with Crippen molar-refractivity contribution in [2.45, 2.75) is 25.7 Å². The van der Waals surface area contributed by atoms with E-state index in [1.165, 1.54) is 23.5 Å². The van der Waals surface area contributed by atoms with Gasteiger partial charge in [-0.2, -0.15) is 18.2 Å². The molecule has 0 N–H and O–H groups in total. The van der Waals surface area contributed by atoms with Crippen LogP contribution < -0.4 is 9.74 Å². The Labute approximate surface area is 193 Å². The summed E-state index contributed by atoms with van der Waals surface area (Å²) in [6.07, 6.45) is 0. The first-order valence-corrected chi connectivity index (χ1v) is 12.1. The summed E-state index contributed by atoms with van der Waals surface area (Å²) in [4.78, 5) is 29.5. The van der Waals surface area contributed by atoms with Crippen molar-refractivity contribution in [2.24, 2.45) is 0 Å². The third-order valence-corrected chi connectivity index (χ3v) is 6.83. The standard InChI is InChI=1S/C22H19N3O6S2/c1-4-30-22(27)21-18(12-20(26)25(24-21)17-8-6-5-7-13(17)2)31-33(28,29)15-9-10-16-19(11-15)32-14(3)23-16/h5-12H,4H2,1-3H3. The maximum Gasteiger partial charge on any atom is 0.362 e. The van der Waals surface area contributed by atoms with Gasteiger partial charge >= 0.3 is 16.1 Å². The summed E-state index contributed by atoms with van der Waals surface area (Å²) >= 11 is 1.34. The van der Waals surface area contributed by atoms with Crippen LogP contribution in [0.2, 0.25) is 0 Å². The third-order valence-electron chi connectivity index (χ3n) is 4.66. The van der Waals surface area contributed by atoms with Gasteiger partial charge < -0.3 is 8.92 Å². The van der Waals surface area contributed by atoms with E-state index in [-0.39, 0.29) is 11.5 Å². The van der Waals surface area contributed by atoms with E-state index in [1.54, 1.807) is 44.2 Å². The fraction of sp³-hybridized carbons (Fsp3) is 0.182. The van der Waals surface area contributed by atoms with Crippen molar-refractivity contribution in [3.05, 3.63) is 75.1 Å². The lowest BCUT2D eigenvalue weighted by molar-refractivity contribution is 0.0515. The second-order valence-electron chi connectivity index (χ2n) is 7.01. The molecule has 0 aliphatic heterocycles. The van der Waals surface area contributed by atoms with Gasteiger partial charge in [0.05, 0.1) is 33.6 Å². The number of thiazole rings is 1. The van der Waals surface area contributed by atoms with Gasteiger partial charge in [0.1, 0.15) is 4.90 Å². The number of hydrogen-bond acceptors (Lipinski definition) is 9. The summed E-state index contributed by atoms with van der Waals surface area (Å²) in [5, 5.41) is 4.87. The Hall–Kier alpha value is -3.57. The molecule has 2 heterocycles. The van der Waals surface area contributed by atoms with Gasteiger partial charge in [0, 0.05) is 0 Å². The predicted molar refractivity (Wildman–Crippen MR) is 123 cm³/mol. The zero-order chi connectivity index (χ0) is 23.8. The maximum absolute atomic E-state index is 13.0. The second kappa shape index (κ2) is 8.75. The minimum atomic E-state index is -4.39. The highest BCUT2D eigenvalue weighted by molar-refractivity contribution is 7.87. The van der Waals surface area contributed by atoms with E-state index in [0.29, 0.717) is 15.9 Å². The number of ether oxygens (including phenoxy) is 1. The molecular formula is C22H19N3O6S2. The minimum absolute atomic E-state index is 0.0254. The molecule has 0 amide bonds. The lowest BCUT2D eigenvalue weighted by Crippen LogP contribution is -2.26. The summed E-state index contributed by atoms with van der Waals surface area (Å²) in [7, 11) is -4.39. The molecule has 0 saturated carbocycles. The van der Waals surface area contributed by atoms with Crippen LogP contribution in [0.3, 0.4) is 0 Å². The van der Waals surface area contributed by atoms with Crippen molar-refractivity contribution in [1.29, 1.82) is 0 Å². The summed E-state index contributed by atoms with van der Waals surface area (Å²) in [5.74, 6) is -1.43. The molecule has 0 aliphatic carbocycles. The number of fused-ring (bicyclic) bond motifs is 1. The maximum atomic E-state index is 13.0. The molecule has 33 heavy (non-hydrogen) atoms. The Bertz CT molecular complexity index is 1540. The number of aromatic nitrogens is 3. The largest absolute Gasteiger partial charge is 0.461 e. The lowest BCUT2D eigenvalue weighted by Gasteiger charge is -2.13. The Kier molecular flexibility index (Phi) is 6.00. The van der Waals surface area contributed by atoms with E-state index in [4.69, 9.17) is 8.92 Å².